The first-order valence-corrected chi connectivity index (χ1v) is 3.58. The predicted octanol–water partition coefficient (Wildman–Crippen LogP) is 2.47. The van der Waals surface area contributed by atoms with E-state index in [1.54, 1.807) is 0 Å². The van der Waals surface area contributed by atoms with Crippen molar-refractivity contribution < 1.29 is 0 Å². The molecule has 1 nitrogen and oxygen atoms in total. The lowest BCUT2D eigenvalue weighted by Crippen LogP contribution is -1.95. The van der Waals surface area contributed by atoms with E-state index in [0.717, 1.165) is 0 Å². The van der Waals surface area contributed by atoms with Gasteiger partial charge in [-0.05, 0) is 45.0 Å². The van der Waals surface area contributed by atoms with Crippen molar-refractivity contribution in [3.05, 3.63) is 22.9 Å². The maximum Gasteiger partial charge on any atom is 0.00278 e. The van der Waals surface area contributed by atoms with Crippen LogP contribution in [0.1, 0.15) is 27.7 Å². The first kappa shape index (κ1) is 9.28. The molecule has 0 aliphatic carbocycles. The lowest BCUT2D eigenvalue weighted by atomic mass is 10.1. The monoisotopic (exact) mass is 139 g/mol. The Morgan fingerprint density at radius 2 is 1.60 bits per heavy atom. The summed E-state index contributed by atoms with van der Waals surface area (Å²) < 4.78 is 0. The topological polar surface area (TPSA) is 12.0 Å². The molecule has 0 aromatic rings. The molecule has 0 saturated carbocycles. The number of allylic oxidation sites excluding steroid dienone is 3. The van der Waals surface area contributed by atoms with Gasteiger partial charge in [0.25, 0.3) is 0 Å². The van der Waals surface area contributed by atoms with Crippen molar-refractivity contribution in [1.29, 1.82) is 0 Å². The summed E-state index contributed by atoms with van der Waals surface area (Å²) in [6.45, 7) is 8.50. The highest BCUT2D eigenvalue weighted by Gasteiger charge is 1.92. The normalized spacial score (nSPS) is 11.1. The van der Waals surface area contributed by atoms with E-state index < -0.39 is 0 Å². The van der Waals surface area contributed by atoms with Crippen LogP contribution in [0.4, 0.5) is 0 Å². The summed E-state index contributed by atoms with van der Waals surface area (Å²) in [4.78, 5) is 0. The lowest BCUT2D eigenvalue weighted by Gasteiger charge is -2.03. The molecule has 0 aromatic carbocycles. The second-order valence-corrected chi connectivity index (χ2v) is 2.74. The van der Waals surface area contributed by atoms with Gasteiger partial charge < -0.3 is 5.32 Å². The van der Waals surface area contributed by atoms with Crippen molar-refractivity contribution in [1.82, 2.24) is 5.32 Å². The molecule has 0 spiro atoms. The van der Waals surface area contributed by atoms with Crippen LogP contribution in [0, 0.1) is 0 Å². The fraction of sp³-hybridized carbons (Fsp3) is 0.556. The van der Waals surface area contributed by atoms with Crippen LogP contribution < -0.4 is 5.32 Å². The summed E-state index contributed by atoms with van der Waals surface area (Å²) in [5, 5.41) is 3.01. The summed E-state index contributed by atoms with van der Waals surface area (Å²) in [5.41, 5.74) is 4.06. The van der Waals surface area contributed by atoms with Crippen LogP contribution in [0.5, 0.6) is 0 Å². The third-order valence-corrected chi connectivity index (χ3v) is 1.70. The van der Waals surface area contributed by atoms with Gasteiger partial charge in [0.2, 0.25) is 0 Å². The lowest BCUT2D eigenvalue weighted by molar-refractivity contribution is 1.06. The van der Waals surface area contributed by atoms with Gasteiger partial charge >= 0.3 is 0 Å². The number of hydrogen-bond acceptors (Lipinski definition) is 1. The molecule has 1 heteroatoms. The third-order valence-electron chi connectivity index (χ3n) is 1.70. The molecule has 0 aliphatic rings. The zero-order valence-electron chi connectivity index (χ0n) is 7.58. The Labute approximate surface area is 63.8 Å². The minimum absolute atomic E-state index is 1.31. The Balaban J connectivity index is 4.36. The fourth-order valence-corrected chi connectivity index (χ4v) is 0.719. The molecule has 10 heavy (non-hydrogen) atoms. The predicted molar refractivity (Wildman–Crippen MR) is 46.9 cm³/mol. The van der Waals surface area contributed by atoms with Gasteiger partial charge in [-0.1, -0.05) is 5.57 Å². The average Bonchev–Trinajstić information content (AvgIpc) is 1.87. The van der Waals surface area contributed by atoms with E-state index in [-0.39, 0.29) is 0 Å². The van der Waals surface area contributed by atoms with Gasteiger partial charge in [-0.3, -0.25) is 0 Å². The van der Waals surface area contributed by atoms with Crippen molar-refractivity contribution in [3.63, 3.8) is 0 Å². The van der Waals surface area contributed by atoms with Crippen LogP contribution in [-0.2, 0) is 0 Å². The minimum atomic E-state index is 1.31. The van der Waals surface area contributed by atoms with Crippen molar-refractivity contribution in [2.45, 2.75) is 27.7 Å². The van der Waals surface area contributed by atoms with Gasteiger partial charge in [0.05, 0.1) is 0 Å². The largest absolute Gasteiger partial charge is 0.394 e. The van der Waals surface area contributed by atoms with E-state index in [4.69, 9.17) is 0 Å². The summed E-state index contributed by atoms with van der Waals surface area (Å²) in [6.07, 6.45) is 2.02. The molecular weight excluding hydrogens is 122 g/mol. The summed E-state index contributed by atoms with van der Waals surface area (Å²) in [7, 11) is 1.92. The maximum atomic E-state index is 3.01. The van der Waals surface area contributed by atoms with E-state index in [0.29, 0.717) is 0 Å². The van der Waals surface area contributed by atoms with Crippen molar-refractivity contribution in [2.75, 3.05) is 7.05 Å². The van der Waals surface area contributed by atoms with E-state index in [1.165, 1.54) is 16.7 Å². The maximum absolute atomic E-state index is 3.01. The molecule has 0 fully saturated rings. The molecule has 0 aromatic heterocycles. The highest BCUT2D eigenvalue weighted by molar-refractivity contribution is 5.29. The molecule has 1 N–H and O–H groups in total. The quantitative estimate of drug-likeness (QED) is 0.579. The van der Waals surface area contributed by atoms with Gasteiger partial charge in [-0.25, -0.2) is 0 Å². The smallest absolute Gasteiger partial charge is 0.00278 e. The van der Waals surface area contributed by atoms with Crippen LogP contribution in [0.2, 0.25) is 0 Å². The first-order valence-electron chi connectivity index (χ1n) is 3.58. The number of rotatable bonds is 2. The van der Waals surface area contributed by atoms with Crippen LogP contribution in [0.25, 0.3) is 0 Å². The van der Waals surface area contributed by atoms with E-state index in [9.17, 15) is 0 Å². The molecule has 0 aliphatic heterocycles. The summed E-state index contributed by atoms with van der Waals surface area (Å²) in [5.74, 6) is 0. The highest BCUT2D eigenvalue weighted by Crippen LogP contribution is 2.11. The van der Waals surface area contributed by atoms with E-state index >= 15 is 0 Å². The van der Waals surface area contributed by atoms with Gasteiger partial charge in [-0.2, -0.15) is 0 Å². The van der Waals surface area contributed by atoms with Crippen molar-refractivity contribution in [3.8, 4) is 0 Å². The second kappa shape index (κ2) is 4.15. The van der Waals surface area contributed by atoms with Crippen LogP contribution in [-0.4, -0.2) is 7.05 Å². The van der Waals surface area contributed by atoms with Gasteiger partial charge in [0, 0.05) is 7.05 Å². The number of nitrogens with one attached hydrogen (secondary N) is 1. The van der Waals surface area contributed by atoms with Crippen molar-refractivity contribution >= 4 is 0 Å². The Bertz CT molecular complexity index is 160. The molecule has 0 radical (unpaired) electrons. The molecule has 0 bridgehead atoms. The Morgan fingerprint density at radius 3 is 1.90 bits per heavy atom. The van der Waals surface area contributed by atoms with Crippen LogP contribution in [0.3, 0.4) is 0 Å². The van der Waals surface area contributed by atoms with Crippen LogP contribution in [0.15, 0.2) is 22.9 Å². The minimum Gasteiger partial charge on any atom is -0.394 e. The standard InChI is InChI=1S/C9H17N/c1-7(2)9(4)8(3)6-10-5/h6,10H,1-5H3. The average molecular weight is 139 g/mol. The van der Waals surface area contributed by atoms with Gasteiger partial charge in [0.15, 0.2) is 0 Å². The fourth-order valence-electron chi connectivity index (χ4n) is 0.719. The Kier molecular flexibility index (Phi) is 3.85. The molecule has 0 amide bonds. The van der Waals surface area contributed by atoms with Crippen LogP contribution >= 0.6 is 0 Å². The molecule has 58 valence electrons. The molecule has 0 saturated heterocycles. The van der Waals surface area contributed by atoms with Crippen molar-refractivity contribution in [2.24, 2.45) is 0 Å². The molecule has 0 rings (SSSR count). The SMILES string of the molecule is CNC=C(C)C(C)=C(C)C. The van der Waals surface area contributed by atoms with E-state index in [1.807, 2.05) is 13.2 Å². The van der Waals surface area contributed by atoms with Gasteiger partial charge in [0.1, 0.15) is 0 Å². The second-order valence-electron chi connectivity index (χ2n) is 2.74. The molecule has 0 unspecified atom stereocenters. The zero-order chi connectivity index (χ0) is 8.15. The molecule has 0 heterocycles. The summed E-state index contributed by atoms with van der Waals surface area (Å²) in [6, 6.07) is 0. The summed E-state index contributed by atoms with van der Waals surface area (Å²) >= 11 is 0. The molecule has 0 atom stereocenters. The highest BCUT2D eigenvalue weighted by atomic mass is 14.8. The Hall–Kier alpha value is -0.720. The van der Waals surface area contributed by atoms with Gasteiger partial charge in [-0.15, -0.1) is 0 Å². The number of hydrogen-bond donors (Lipinski definition) is 1. The third kappa shape index (κ3) is 2.72. The Morgan fingerprint density at radius 1 is 1.10 bits per heavy atom. The van der Waals surface area contributed by atoms with E-state index in [2.05, 4.69) is 33.0 Å². The first-order chi connectivity index (χ1) is 4.59. The zero-order valence-corrected chi connectivity index (χ0v) is 7.58. The molecular formula is C9H17N.